The Bertz CT molecular complexity index is 527. The van der Waals surface area contributed by atoms with E-state index in [1.165, 1.54) is 19.3 Å². The Morgan fingerprint density at radius 3 is 2.61 bits per heavy atom. The molecule has 2 fully saturated rings. The monoisotopic (exact) mass is 341 g/mol. The summed E-state index contributed by atoms with van der Waals surface area (Å²) in [6, 6.07) is 0.647. The summed E-state index contributed by atoms with van der Waals surface area (Å²) >= 11 is 0. The van der Waals surface area contributed by atoms with E-state index in [0.29, 0.717) is 17.7 Å². The van der Waals surface area contributed by atoms with E-state index in [1.807, 2.05) is 11.6 Å². The number of carbonyl (C=O) groups excluding carboxylic acids is 1. The molecule has 1 aliphatic carbocycles. The van der Waals surface area contributed by atoms with E-state index in [2.05, 4.69) is 27.9 Å². The smallest absolute Gasteiger partial charge is 0.273 e. The Kier molecular flexibility index (Phi) is 6.41. The lowest BCUT2D eigenvalue weighted by Gasteiger charge is -2.29. The molecular weight excluding hydrogens is 314 g/mol. The summed E-state index contributed by atoms with van der Waals surface area (Å²) in [5.41, 5.74) is 1.39. The van der Waals surface area contributed by atoms with Crippen molar-refractivity contribution >= 4 is 18.3 Å². The van der Waals surface area contributed by atoms with E-state index in [9.17, 15) is 4.79 Å². The van der Waals surface area contributed by atoms with E-state index >= 15 is 0 Å². The summed E-state index contributed by atoms with van der Waals surface area (Å²) in [4.78, 5) is 12.5. The largest absolute Gasteiger partial charge is 0.348 e. The Morgan fingerprint density at radius 1 is 1.22 bits per heavy atom. The highest BCUT2D eigenvalue weighted by Gasteiger charge is 2.27. The summed E-state index contributed by atoms with van der Waals surface area (Å²) < 4.78 is 1.94. The second-order valence-corrected chi connectivity index (χ2v) is 6.79. The molecule has 2 unspecified atom stereocenters. The van der Waals surface area contributed by atoms with Gasteiger partial charge in [0.25, 0.3) is 5.91 Å². The molecule has 7 heteroatoms. The van der Waals surface area contributed by atoms with Crippen LogP contribution >= 0.6 is 12.4 Å². The van der Waals surface area contributed by atoms with Crippen LogP contribution in [0, 0.1) is 12.8 Å². The fraction of sp³-hybridized carbons (Fsp3) is 0.812. The minimum atomic E-state index is -0.0589. The fourth-order valence-electron chi connectivity index (χ4n) is 3.72. The molecule has 1 amide bonds. The average molecular weight is 342 g/mol. The third-order valence-corrected chi connectivity index (χ3v) is 5.23. The molecule has 1 aromatic heterocycles. The number of halogens is 1. The average Bonchev–Trinajstić information content (AvgIpc) is 2.92. The van der Waals surface area contributed by atoms with E-state index < -0.39 is 0 Å². The summed E-state index contributed by atoms with van der Waals surface area (Å²) in [6.07, 6.45) is 6.85. The van der Waals surface area contributed by atoms with Crippen molar-refractivity contribution in [2.24, 2.45) is 5.92 Å². The van der Waals surface area contributed by atoms with E-state index in [4.69, 9.17) is 0 Å². The molecule has 1 aromatic rings. The molecule has 1 saturated carbocycles. The van der Waals surface area contributed by atoms with Gasteiger partial charge in [-0.1, -0.05) is 25.0 Å². The minimum Gasteiger partial charge on any atom is -0.348 e. The molecule has 0 bridgehead atoms. The highest BCUT2D eigenvalue weighted by Crippen LogP contribution is 2.24. The number of amides is 1. The molecule has 1 saturated heterocycles. The van der Waals surface area contributed by atoms with Crippen molar-refractivity contribution < 1.29 is 4.79 Å². The lowest BCUT2D eigenvalue weighted by molar-refractivity contribution is 0.0904. The first kappa shape index (κ1) is 18.2. The maximum atomic E-state index is 12.5. The molecule has 2 heterocycles. The van der Waals surface area contributed by atoms with Gasteiger partial charge < -0.3 is 10.6 Å². The van der Waals surface area contributed by atoms with Gasteiger partial charge >= 0.3 is 0 Å². The van der Waals surface area contributed by atoms with Crippen LogP contribution in [0.1, 0.15) is 67.7 Å². The van der Waals surface area contributed by atoms with Crippen molar-refractivity contribution in [1.82, 2.24) is 25.6 Å². The molecular formula is C16H28ClN5O. The SMILES string of the molecule is Cc1c(C(=O)NC2CCCCC2C)nnn1C1CCNCC1.Cl. The normalized spacial score (nSPS) is 25.7. The summed E-state index contributed by atoms with van der Waals surface area (Å²) in [7, 11) is 0. The minimum absolute atomic E-state index is 0. The van der Waals surface area contributed by atoms with Crippen molar-refractivity contribution in [2.45, 2.75) is 64.5 Å². The number of hydrogen-bond acceptors (Lipinski definition) is 4. The standard InChI is InChI=1S/C16H27N5O.ClH/c1-11-5-3-4-6-14(11)18-16(22)15-12(2)21(20-19-15)13-7-9-17-10-8-13;/h11,13-14,17H,3-10H2,1-2H3,(H,18,22);1H. The predicted octanol–water partition coefficient (Wildman–Crippen LogP) is 2.24. The zero-order chi connectivity index (χ0) is 15.5. The van der Waals surface area contributed by atoms with Gasteiger partial charge in [-0.25, -0.2) is 4.68 Å². The first-order valence-corrected chi connectivity index (χ1v) is 8.60. The third-order valence-electron chi connectivity index (χ3n) is 5.23. The zero-order valence-corrected chi connectivity index (χ0v) is 14.9. The first-order valence-electron chi connectivity index (χ1n) is 8.60. The van der Waals surface area contributed by atoms with E-state index in [0.717, 1.165) is 38.0 Å². The van der Waals surface area contributed by atoms with Crippen molar-refractivity contribution in [1.29, 1.82) is 0 Å². The van der Waals surface area contributed by atoms with Gasteiger partial charge in [-0.15, -0.1) is 17.5 Å². The Morgan fingerprint density at radius 2 is 1.91 bits per heavy atom. The molecule has 23 heavy (non-hydrogen) atoms. The number of rotatable bonds is 3. The number of nitrogens with zero attached hydrogens (tertiary/aromatic N) is 3. The van der Waals surface area contributed by atoms with Crippen LogP contribution in [0.3, 0.4) is 0 Å². The van der Waals surface area contributed by atoms with Gasteiger partial charge in [-0.2, -0.15) is 0 Å². The summed E-state index contributed by atoms with van der Waals surface area (Å²) in [5.74, 6) is 0.494. The van der Waals surface area contributed by atoms with Crippen LogP contribution in [-0.4, -0.2) is 40.0 Å². The predicted molar refractivity (Wildman–Crippen MR) is 92.0 cm³/mol. The first-order chi connectivity index (χ1) is 10.7. The second kappa shape index (κ2) is 8.11. The van der Waals surface area contributed by atoms with Crippen LogP contribution in [0.2, 0.25) is 0 Å². The van der Waals surface area contributed by atoms with Gasteiger partial charge in [0.2, 0.25) is 0 Å². The number of nitrogens with one attached hydrogen (secondary N) is 2. The zero-order valence-electron chi connectivity index (χ0n) is 14.0. The Balaban J connectivity index is 0.00000192. The van der Waals surface area contributed by atoms with E-state index in [-0.39, 0.29) is 24.4 Å². The van der Waals surface area contributed by atoms with Crippen LogP contribution < -0.4 is 10.6 Å². The highest BCUT2D eigenvalue weighted by atomic mass is 35.5. The van der Waals surface area contributed by atoms with Crippen LogP contribution in [0.15, 0.2) is 0 Å². The van der Waals surface area contributed by atoms with Crippen LogP contribution in [0.4, 0.5) is 0 Å². The van der Waals surface area contributed by atoms with Gasteiger partial charge in [0, 0.05) is 6.04 Å². The molecule has 1 aliphatic heterocycles. The summed E-state index contributed by atoms with van der Waals surface area (Å²) in [6.45, 7) is 6.19. The molecule has 6 nitrogen and oxygen atoms in total. The topological polar surface area (TPSA) is 71.8 Å². The van der Waals surface area contributed by atoms with E-state index in [1.54, 1.807) is 0 Å². The van der Waals surface area contributed by atoms with Gasteiger partial charge in [-0.05, 0) is 51.6 Å². The van der Waals surface area contributed by atoms with Crippen LogP contribution in [0.5, 0.6) is 0 Å². The van der Waals surface area contributed by atoms with Crippen molar-refractivity contribution in [3.8, 4) is 0 Å². The molecule has 2 aliphatic rings. The second-order valence-electron chi connectivity index (χ2n) is 6.79. The molecule has 2 N–H and O–H groups in total. The third kappa shape index (κ3) is 4.04. The molecule has 130 valence electrons. The maximum Gasteiger partial charge on any atom is 0.273 e. The van der Waals surface area contributed by atoms with Crippen molar-refractivity contribution in [3.05, 3.63) is 11.4 Å². The lowest BCUT2D eigenvalue weighted by atomic mass is 9.86. The molecule has 3 rings (SSSR count). The molecule has 2 atom stereocenters. The molecule has 0 spiro atoms. The lowest BCUT2D eigenvalue weighted by Crippen LogP contribution is -2.41. The summed E-state index contributed by atoms with van der Waals surface area (Å²) in [5, 5.41) is 14.9. The Labute approximate surface area is 144 Å². The van der Waals surface area contributed by atoms with Crippen molar-refractivity contribution in [2.75, 3.05) is 13.1 Å². The fourth-order valence-corrected chi connectivity index (χ4v) is 3.72. The highest BCUT2D eigenvalue weighted by molar-refractivity contribution is 5.93. The number of piperidine rings is 1. The molecule has 0 radical (unpaired) electrons. The van der Waals surface area contributed by atoms with Gasteiger partial charge in [0.1, 0.15) is 0 Å². The molecule has 0 aromatic carbocycles. The number of hydrogen-bond donors (Lipinski definition) is 2. The maximum absolute atomic E-state index is 12.5. The quantitative estimate of drug-likeness (QED) is 0.884. The van der Waals surface area contributed by atoms with Gasteiger partial charge in [-0.3, -0.25) is 4.79 Å². The van der Waals surface area contributed by atoms with Crippen molar-refractivity contribution in [3.63, 3.8) is 0 Å². The number of aromatic nitrogens is 3. The van der Waals surface area contributed by atoms with Crippen LogP contribution in [-0.2, 0) is 0 Å². The Hall–Kier alpha value is -1.14. The van der Waals surface area contributed by atoms with Gasteiger partial charge in [0.05, 0.1) is 11.7 Å². The van der Waals surface area contributed by atoms with Gasteiger partial charge in [0.15, 0.2) is 5.69 Å². The van der Waals surface area contributed by atoms with Crippen LogP contribution in [0.25, 0.3) is 0 Å². The number of carbonyl (C=O) groups is 1.